The van der Waals surface area contributed by atoms with Crippen molar-refractivity contribution in [1.29, 1.82) is 0 Å². The molecule has 224 valence electrons. The van der Waals surface area contributed by atoms with Gasteiger partial charge in [-0.05, 0) is 51.7 Å². The van der Waals surface area contributed by atoms with Gasteiger partial charge >= 0.3 is 0 Å². The largest absolute Gasteiger partial charge is 0.355 e. The first-order valence-corrected chi connectivity index (χ1v) is 14.8. The van der Waals surface area contributed by atoms with Crippen LogP contribution in [0.3, 0.4) is 0 Å². The molecule has 0 bridgehead atoms. The molecule has 3 fully saturated rings. The summed E-state index contributed by atoms with van der Waals surface area (Å²) in [5.41, 5.74) is 0.456. The average molecular weight is 607 g/mol. The minimum absolute atomic E-state index is 0.0427. The van der Waals surface area contributed by atoms with Gasteiger partial charge in [-0.25, -0.2) is 13.8 Å². The second-order valence-electron chi connectivity index (χ2n) is 12.3. The van der Waals surface area contributed by atoms with Crippen LogP contribution in [0.5, 0.6) is 0 Å². The number of anilines is 2. The molecule has 3 aliphatic rings. The number of nitrogens with zero attached hydrogens (tertiary/aromatic N) is 8. The highest BCUT2D eigenvalue weighted by Gasteiger charge is 2.55. The van der Waals surface area contributed by atoms with Crippen LogP contribution in [0.1, 0.15) is 13.3 Å². The van der Waals surface area contributed by atoms with E-state index in [4.69, 9.17) is 21.6 Å². The molecule has 2 atom stereocenters. The van der Waals surface area contributed by atoms with Crippen LogP contribution in [0.4, 0.5) is 20.5 Å². The Hall–Kier alpha value is -3.83. The van der Waals surface area contributed by atoms with Crippen LogP contribution < -0.4 is 9.80 Å². The maximum Gasteiger partial charge on any atom is 0.246 e. The number of rotatable bonds is 5. The van der Waals surface area contributed by atoms with E-state index >= 15 is 8.78 Å². The van der Waals surface area contributed by atoms with Gasteiger partial charge in [0.1, 0.15) is 17.2 Å². The Morgan fingerprint density at radius 2 is 1.93 bits per heavy atom. The molecule has 12 heteroatoms. The molecule has 43 heavy (non-hydrogen) atoms. The van der Waals surface area contributed by atoms with Crippen molar-refractivity contribution in [3.63, 3.8) is 0 Å². The zero-order chi connectivity index (χ0) is 30.4. The Kier molecular flexibility index (Phi) is 6.41. The summed E-state index contributed by atoms with van der Waals surface area (Å²) in [5, 5.41) is 5.47. The average Bonchev–Trinajstić information content (AvgIpc) is 3.57. The van der Waals surface area contributed by atoms with Gasteiger partial charge in [-0.3, -0.25) is 9.48 Å². The summed E-state index contributed by atoms with van der Waals surface area (Å²) < 4.78 is 33.8. The summed E-state index contributed by atoms with van der Waals surface area (Å²) in [6.07, 6.45) is 3.83. The van der Waals surface area contributed by atoms with Crippen molar-refractivity contribution in [3.05, 3.63) is 53.7 Å². The summed E-state index contributed by atoms with van der Waals surface area (Å²) >= 11 is 6.82. The van der Waals surface area contributed by atoms with E-state index in [0.29, 0.717) is 66.8 Å². The number of hydrogen-bond acceptors (Lipinski definition) is 7. The number of fused-ring (bicyclic) bond motifs is 2. The van der Waals surface area contributed by atoms with E-state index in [9.17, 15) is 4.79 Å². The molecule has 2 aromatic heterocycles. The minimum atomic E-state index is -0.696. The molecule has 5 heterocycles. The highest BCUT2D eigenvalue weighted by molar-refractivity contribution is 6.35. The van der Waals surface area contributed by atoms with Crippen LogP contribution in [-0.2, 0) is 11.8 Å². The van der Waals surface area contributed by atoms with E-state index < -0.39 is 11.6 Å². The van der Waals surface area contributed by atoms with Crippen LogP contribution in [0.25, 0.3) is 32.9 Å². The molecule has 1 amide bonds. The number of likely N-dealkylation sites (tertiary alicyclic amines) is 1. The standard InChI is InChI=1S/C31H33ClF2N8O/c1-6-23(43)42-16-31(17(42)2)9-10-40(15-31)29-20-11-21(32)24(25-22(33)8-7-18-12-35-39(5)28(18)25)26(34)27(20)36-30(37-29)41-13-19(14-41)38(3)4/h6-8,11-12,17,19H,1,9-10,13-16H2,2-5H3. The number of amides is 1. The van der Waals surface area contributed by atoms with E-state index in [2.05, 4.69) is 28.4 Å². The van der Waals surface area contributed by atoms with Crippen LogP contribution >= 0.6 is 11.6 Å². The van der Waals surface area contributed by atoms with Gasteiger partial charge in [-0.2, -0.15) is 10.1 Å². The van der Waals surface area contributed by atoms with Crippen molar-refractivity contribution in [3.8, 4) is 11.1 Å². The number of carbonyl (C=O) groups is 1. The van der Waals surface area contributed by atoms with Gasteiger partial charge < -0.3 is 19.6 Å². The fraction of sp³-hybridized carbons (Fsp3) is 0.419. The molecule has 4 aromatic rings. The molecule has 0 N–H and O–H groups in total. The first kappa shape index (κ1) is 28.0. The molecule has 3 aliphatic heterocycles. The molecule has 2 unspecified atom stereocenters. The first-order valence-electron chi connectivity index (χ1n) is 14.4. The Morgan fingerprint density at radius 3 is 2.63 bits per heavy atom. The monoisotopic (exact) mass is 606 g/mol. The SMILES string of the molecule is C=CC(=O)N1CC2(CCN(c3nc(N4CC(N(C)C)C4)nc4c(F)c(-c5c(F)ccc6cnn(C)c56)c(Cl)cc34)C2)C1C. The summed E-state index contributed by atoms with van der Waals surface area (Å²) in [7, 11) is 5.75. The molecule has 1 spiro atoms. The topological polar surface area (TPSA) is 73.6 Å². The number of aromatic nitrogens is 4. The fourth-order valence-electron chi connectivity index (χ4n) is 6.96. The molecule has 0 radical (unpaired) electrons. The third kappa shape index (κ3) is 4.11. The van der Waals surface area contributed by atoms with Crippen molar-refractivity contribution in [2.75, 3.05) is 56.6 Å². The number of hydrogen-bond donors (Lipinski definition) is 0. The second-order valence-corrected chi connectivity index (χ2v) is 12.7. The van der Waals surface area contributed by atoms with Crippen LogP contribution in [0.2, 0.25) is 5.02 Å². The van der Waals surface area contributed by atoms with Gasteiger partial charge in [0.05, 0.1) is 16.7 Å². The fourth-order valence-corrected chi connectivity index (χ4v) is 7.25. The predicted molar refractivity (Wildman–Crippen MR) is 164 cm³/mol. The Bertz CT molecular complexity index is 1820. The van der Waals surface area contributed by atoms with E-state index in [1.165, 1.54) is 16.8 Å². The number of likely N-dealkylation sites (N-methyl/N-ethyl adjacent to an activating group) is 1. The minimum Gasteiger partial charge on any atom is -0.355 e. The first-order chi connectivity index (χ1) is 20.5. The van der Waals surface area contributed by atoms with Crippen molar-refractivity contribution in [2.45, 2.75) is 25.4 Å². The lowest BCUT2D eigenvalue weighted by molar-refractivity contribution is -0.145. The van der Waals surface area contributed by atoms with Crippen molar-refractivity contribution in [1.82, 2.24) is 29.5 Å². The van der Waals surface area contributed by atoms with E-state index in [1.54, 1.807) is 25.4 Å². The van der Waals surface area contributed by atoms with Crippen molar-refractivity contribution < 1.29 is 13.6 Å². The molecule has 0 aliphatic carbocycles. The lowest BCUT2D eigenvalue weighted by Gasteiger charge is -2.54. The quantitative estimate of drug-likeness (QED) is 0.310. The molecule has 0 saturated carbocycles. The molecule has 7 rings (SSSR count). The molecule has 2 aromatic carbocycles. The molecular formula is C31H33ClF2N8O. The third-order valence-electron chi connectivity index (χ3n) is 9.81. The lowest BCUT2D eigenvalue weighted by Crippen LogP contribution is -2.65. The number of aryl methyl sites for hydroxylation is 1. The van der Waals surface area contributed by atoms with Gasteiger partial charge in [-0.1, -0.05) is 18.2 Å². The van der Waals surface area contributed by atoms with Crippen LogP contribution in [-0.4, -0.2) is 94.4 Å². The maximum absolute atomic E-state index is 16.8. The van der Waals surface area contributed by atoms with Crippen molar-refractivity contribution >= 4 is 51.1 Å². The molecule has 9 nitrogen and oxygen atoms in total. The molecular weight excluding hydrogens is 574 g/mol. The third-order valence-corrected chi connectivity index (χ3v) is 10.1. The summed E-state index contributed by atoms with van der Waals surface area (Å²) in [5.74, 6) is -0.341. The van der Waals surface area contributed by atoms with E-state index in [-0.39, 0.29) is 39.0 Å². The number of halogens is 3. The Morgan fingerprint density at radius 1 is 1.16 bits per heavy atom. The summed E-state index contributed by atoms with van der Waals surface area (Å²) in [4.78, 5) is 30.2. The van der Waals surface area contributed by atoms with Gasteiger partial charge in [0, 0.05) is 79.2 Å². The Labute approximate surface area is 253 Å². The lowest BCUT2D eigenvalue weighted by atomic mass is 9.71. The highest BCUT2D eigenvalue weighted by Crippen LogP contribution is 2.48. The summed E-state index contributed by atoms with van der Waals surface area (Å²) in [6.45, 7) is 9.10. The maximum atomic E-state index is 16.8. The van der Waals surface area contributed by atoms with Gasteiger partial charge in [0.2, 0.25) is 11.9 Å². The Balaban J connectivity index is 1.37. The zero-order valence-electron chi connectivity index (χ0n) is 24.6. The second kappa shape index (κ2) is 9.85. The van der Waals surface area contributed by atoms with Crippen LogP contribution in [0.15, 0.2) is 37.1 Å². The predicted octanol–water partition coefficient (Wildman–Crippen LogP) is 4.48. The highest BCUT2D eigenvalue weighted by atomic mass is 35.5. The number of carbonyl (C=O) groups excluding carboxylic acids is 1. The van der Waals surface area contributed by atoms with Gasteiger partial charge in [0.25, 0.3) is 0 Å². The van der Waals surface area contributed by atoms with E-state index in [1.807, 2.05) is 23.9 Å². The summed E-state index contributed by atoms with van der Waals surface area (Å²) in [6, 6.07) is 4.96. The zero-order valence-corrected chi connectivity index (χ0v) is 25.4. The van der Waals surface area contributed by atoms with Crippen LogP contribution in [0, 0.1) is 17.0 Å². The van der Waals surface area contributed by atoms with Gasteiger partial charge in [0.15, 0.2) is 5.82 Å². The smallest absolute Gasteiger partial charge is 0.246 e. The van der Waals surface area contributed by atoms with E-state index in [0.717, 1.165) is 6.42 Å². The normalized spacial score (nSPS) is 22.2. The van der Waals surface area contributed by atoms with Crippen molar-refractivity contribution in [2.24, 2.45) is 12.5 Å². The number of benzene rings is 2. The van der Waals surface area contributed by atoms with Gasteiger partial charge in [-0.15, -0.1) is 0 Å². The molecule has 3 saturated heterocycles.